The molecule has 0 bridgehead atoms. The van der Waals surface area contributed by atoms with E-state index in [2.05, 4.69) is 6.58 Å². The molecule has 0 atom stereocenters. The first-order valence-electron chi connectivity index (χ1n) is 8.92. The largest absolute Gasteiger partial charge is 0.373 e. The van der Waals surface area contributed by atoms with Gasteiger partial charge in [-0.1, -0.05) is 30.4 Å². The topological polar surface area (TPSA) is 9.23 Å². The zero-order valence-corrected chi connectivity index (χ0v) is 14.6. The first-order chi connectivity index (χ1) is 11.7. The molecule has 2 rings (SSSR count). The van der Waals surface area contributed by atoms with Crippen LogP contribution < -0.4 is 0 Å². The number of allylic oxidation sites excluding steroid dienone is 2. The first-order valence-corrected chi connectivity index (χ1v) is 8.92. The van der Waals surface area contributed by atoms with E-state index in [1.807, 2.05) is 25.2 Å². The highest BCUT2D eigenvalue weighted by atomic mass is 19.2. The molecule has 0 N–H and O–H groups in total. The average Bonchev–Trinajstić information content (AvgIpc) is 2.62. The highest BCUT2D eigenvalue weighted by Gasteiger charge is 2.20. The second-order valence-corrected chi connectivity index (χ2v) is 6.65. The van der Waals surface area contributed by atoms with Crippen LogP contribution in [0.3, 0.4) is 0 Å². The van der Waals surface area contributed by atoms with Gasteiger partial charge in [-0.15, -0.1) is 6.58 Å². The van der Waals surface area contributed by atoms with E-state index in [1.54, 1.807) is 12.1 Å². The van der Waals surface area contributed by atoms with E-state index in [4.69, 9.17) is 4.74 Å². The minimum Gasteiger partial charge on any atom is -0.373 e. The van der Waals surface area contributed by atoms with Crippen molar-refractivity contribution in [3.63, 3.8) is 0 Å². The van der Waals surface area contributed by atoms with Crippen molar-refractivity contribution in [3.8, 4) is 0 Å². The predicted octanol–water partition coefficient (Wildman–Crippen LogP) is 5.98. The third kappa shape index (κ3) is 5.27. The molecule has 0 saturated heterocycles. The van der Waals surface area contributed by atoms with Gasteiger partial charge in [0.1, 0.15) is 0 Å². The van der Waals surface area contributed by atoms with Gasteiger partial charge in [-0.3, -0.25) is 0 Å². The Labute approximate surface area is 144 Å². The summed E-state index contributed by atoms with van der Waals surface area (Å²) in [6, 6.07) is 3.36. The molecule has 0 spiro atoms. The third-order valence-corrected chi connectivity index (χ3v) is 5.00. The molecular weight excluding hydrogens is 306 g/mol. The first kappa shape index (κ1) is 18.9. The number of hydrogen-bond donors (Lipinski definition) is 0. The van der Waals surface area contributed by atoms with E-state index in [9.17, 15) is 8.78 Å². The van der Waals surface area contributed by atoms with Crippen molar-refractivity contribution in [2.45, 2.75) is 52.1 Å². The van der Waals surface area contributed by atoms with Gasteiger partial charge >= 0.3 is 0 Å². The maximum atomic E-state index is 14.3. The molecule has 0 unspecified atom stereocenters. The smallest absolute Gasteiger partial charge is 0.164 e. The molecule has 1 aromatic rings. The number of ether oxygens (including phenoxy) is 1. The maximum absolute atomic E-state index is 14.3. The molecule has 1 fully saturated rings. The third-order valence-electron chi connectivity index (χ3n) is 5.00. The fourth-order valence-electron chi connectivity index (χ4n) is 3.34. The van der Waals surface area contributed by atoms with E-state index in [-0.39, 0.29) is 12.2 Å². The van der Waals surface area contributed by atoms with Crippen LogP contribution in [0.5, 0.6) is 0 Å². The van der Waals surface area contributed by atoms with Crippen molar-refractivity contribution < 1.29 is 13.5 Å². The van der Waals surface area contributed by atoms with Gasteiger partial charge in [0.15, 0.2) is 11.6 Å². The lowest BCUT2D eigenvalue weighted by Gasteiger charge is -2.26. The maximum Gasteiger partial charge on any atom is 0.164 e. The molecule has 132 valence electrons. The lowest BCUT2D eigenvalue weighted by molar-refractivity contribution is 0.145. The van der Waals surface area contributed by atoms with E-state index in [0.29, 0.717) is 30.4 Å². The highest BCUT2D eigenvalue weighted by molar-refractivity contribution is 5.26. The molecule has 24 heavy (non-hydrogen) atoms. The number of benzene rings is 1. The standard InChI is InChI=1S/C21H28F2O/c1-3-5-14-24-15-19-13-12-18(20(22)21(19)23)11-10-17-8-6-16(4-2)7-9-17/h3-5,12-13,16-17H,2,6-11,14-15H2,1H3/t16-,17-. The summed E-state index contributed by atoms with van der Waals surface area (Å²) in [5.74, 6) is -0.213. The van der Waals surface area contributed by atoms with E-state index in [1.165, 1.54) is 12.8 Å². The number of hydrogen-bond acceptors (Lipinski definition) is 1. The van der Waals surface area contributed by atoms with Crippen molar-refractivity contribution in [1.82, 2.24) is 0 Å². The molecule has 1 aliphatic rings. The lowest BCUT2D eigenvalue weighted by Crippen LogP contribution is -2.14. The van der Waals surface area contributed by atoms with Crippen molar-refractivity contribution >= 4 is 0 Å². The Morgan fingerprint density at radius 1 is 1.12 bits per heavy atom. The van der Waals surface area contributed by atoms with Gasteiger partial charge in [0, 0.05) is 5.56 Å². The summed E-state index contributed by atoms with van der Waals surface area (Å²) in [4.78, 5) is 0. The fourth-order valence-corrected chi connectivity index (χ4v) is 3.34. The van der Waals surface area contributed by atoms with Crippen molar-refractivity contribution in [1.29, 1.82) is 0 Å². The Kier molecular flexibility index (Phi) is 7.64. The molecule has 0 amide bonds. The van der Waals surface area contributed by atoms with E-state index >= 15 is 0 Å². The van der Waals surface area contributed by atoms with Crippen LogP contribution in [0.1, 0.15) is 50.2 Å². The van der Waals surface area contributed by atoms with Crippen LogP contribution in [-0.4, -0.2) is 6.61 Å². The molecule has 1 nitrogen and oxygen atoms in total. The summed E-state index contributed by atoms with van der Waals surface area (Å²) in [5.41, 5.74) is 0.766. The second kappa shape index (κ2) is 9.73. The van der Waals surface area contributed by atoms with Gasteiger partial charge in [0.05, 0.1) is 13.2 Å². The zero-order chi connectivity index (χ0) is 17.4. The minimum absolute atomic E-state index is 0.0962. The van der Waals surface area contributed by atoms with Crippen LogP contribution in [0.4, 0.5) is 8.78 Å². The molecule has 0 radical (unpaired) electrons. The molecule has 0 aliphatic heterocycles. The quantitative estimate of drug-likeness (QED) is 0.419. The Morgan fingerprint density at radius 3 is 2.46 bits per heavy atom. The molecule has 1 aliphatic carbocycles. The summed E-state index contributed by atoms with van der Waals surface area (Å²) in [6.45, 7) is 6.26. The zero-order valence-electron chi connectivity index (χ0n) is 14.6. The molecular formula is C21H28F2O. The van der Waals surface area contributed by atoms with Gasteiger partial charge in [-0.05, 0) is 62.8 Å². The Morgan fingerprint density at radius 2 is 1.79 bits per heavy atom. The molecule has 0 aromatic heterocycles. The van der Waals surface area contributed by atoms with Crippen molar-refractivity contribution in [3.05, 3.63) is 59.7 Å². The number of aryl methyl sites for hydroxylation is 1. The lowest BCUT2D eigenvalue weighted by atomic mass is 9.79. The van der Waals surface area contributed by atoms with Crippen LogP contribution in [0.2, 0.25) is 0 Å². The van der Waals surface area contributed by atoms with Crippen LogP contribution in [0.25, 0.3) is 0 Å². The van der Waals surface area contributed by atoms with Gasteiger partial charge < -0.3 is 4.74 Å². The summed E-state index contributed by atoms with van der Waals surface area (Å²) in [5, 5.41) is 0. The van der Waals surface area contributed by atoms with Crippen LogP contribution in [0, 0.1) is 23.5 Å². The second-order valence-electron chi connectivity index (χ2n) is 6.65. The molecule has 3 heteroatoms. The summed E-state index contributed by atoms with van der Waals surface area (Å²) < 4.78 is 33.7. The van der Waals surface area contributed by atoms with Gasteiger partial charge in [0.2, 0.25) is 0 Å². The molecule has 1 saturated carbocycles. The van der Waals surface area contributed by atoms with E-state index in [0.717, 1.165) is 19.3 Å². The summed E-state index contributed by atoms with van der Waals surface area (Å²) in [7, 11) is 0. The SMILES string of the molecule is C=C[C@H]1CC[C@H](CCc2ccc(COCC=CC)c(F)c2F)CC1. The van der Waals surface area contributed by atoms with E-state index < -0.39 is 11.6 Å². The van der Waals surface area contributed by atoms with Crippen LogP contribution in [-0.2, 0) is 17.8 Å². The molecule has 1 aromatic carbocycles. The Hall–Kier alpha value is -1.48. The number of halogens is 2. The average molecular weight is 334 g/mol. The normalized spacial score (nSPS) is 21.3. The summed E-state index contributed by atoms with van der Waals surface area (Å²) in [6.07, 6.45) is 12.0. The van der Waals surface area contributed by atoms with Crippen LogP contribution in [0.15, 0.2) is 36.9 Å². The summed E-state index contributed by atoms with van der Waals surface area (Å²) >= 11 is 0. The minimum atomic E-state index is -0.761. The van der Waals surface area contributed by atoms with Crippen molar-refractivity contribution in [2.75, 3.05) is 6.61 Å². The predicted molar refractivity (Wildman–Crippen MR) is 94.8 cm³/mol. The Balaban J connectivity index is 1.87. The Bertz CT molecular complexity index is 557. The highest BCUT2D eigenvalue weighted by Crippen LogP contribution is 2.32. The monoisotopic (exact) mass is 334 g/mol. The van der Waals surface area contributed by atoms with Gasteiger partial charge in [0.25, 0.3) is 0 Å². The van der Waals surface area contributed by atoms with Crippen molar-refractivity contribution in [2.24, 2.45) is 11.8 Å². The van der Waals surface area contributed by atoms with Crippen LogP contribution >= 0.6 is 0 Å². The fraction of sp³-hybridized carbons (Fsp3) is 0.524. The van der Waals surface area contributed by atoms with Gasteiger partial charge in [-0.2, -0.15) is 0 Å². The molecule has 0 heterocycles. The van der Waals surface area contributed by atoms with Gasteiger partial charge in [-0.25, -0.2) is 8.78 Å². The number of rotatable bonds is 8.